The lowest BCUT2D eigenvalue weighted by Gasteiger charge is -2.15. The van der Waals surface area contributed by atoms with Gasteiger partial charge in [-0.2, -0.15) is 4.37 Å². The highest BCUT2D eigenvalue weighted by atomic mass is 32.1. The third-order valence-electron chi connectivity index (χ3n) is 2.88. The number of rotatable bonds is 6. The zero-order chi connectivity index (χ0) is 12.1. The van der Waals surface area contributed by atoms with Gasteiger partial charge in [-0.3, -0.25) is 0 Å². The van der Waals surface area contributed by atoms with Crippen LogP contribution in [0.25, 0.3) is 0 Å². The van der Waals surface area contributed by atoms with Crippen molar-refractivity contribution in [2.45, 2.75) is 19.8 Å². The number of nitrogens with one attached hydrogen (secondary N) is 1. The number of ether oxygens (including phenoxy) is 1. The molecule has 96 valence electrons. The van der Waals surface area contributed by atoms with Crippen molar-refractivity contribution < 1.29 is 4.74 Å². The Labute approximate surface area is 106 Å². The average Bonchev–Trinajstić information content (AvgIpc) is 2.93. The number of nitrogen functional groups attached to an aromatic ring is 1. The van der Waals surface area contributed by atoms with Gasteiger partial charge in [0.15, 0.2) is 16.6 Å². The van der Waals surface area contributed by atoms with Gasteiger partial charge < -0.3 is 20.7 Å². The summed E-state index contributed by atoms with van der Waals surface area (Å²) in [5.41, 5.74) is 5.75. The largest absolute Gasteiger partial charge is 0.487 e. The summed E-state index contributed by atoms with van der Waals surface area (Å²) >= 11 is 1.37. The summed E-state index contributed by atoms with van der Waals surface area (Å²) in [6.07, 6.45) is 2.66. The average molecular weight is 256 g/mol. The van der Waals surface area contributed by atoms with Gasteiger partial charge >= 0.3 is 0 Å². The molecule has 1 fully saturated rings. The van der Waals surface area contributed by atoms with Crippen molar-refractivity contribution in [2.24, 2.45) is 0 Å². The van der Waals surface area contributed by atoms with E-state index in [1.165, 1.54) is 37.5 Å². The lowest BCUT2D eigenvalue weighted by atomic mass is 10.4. The highest BCUT2D eigenvalue weighted by molar-refractivity contribution is 7.11. The van der Waals surface area contributed by atoms with Gasteiger partial charge in [-0.05, 0) is 44.4 Å². The van der Waals surface area contributed by atoms with Gasteiger partial charge in [-0.1, -0.05) is 0 Å². The van der Waals surface area contributed by atoms with Crippen molar-refractivity contribution in [1.82, 2.24) is 9.27 Å². The number of likely N-dealkylation sites (tertiary alicyclic amines) is 1. The monoisotopic (exact) mass is 256 g/mol. The summed E-state index contributed by atoms with van der Waals surface area (Å²) in [6, 6.07) is 0. The molecule has 0 aromatic carbocycles. The van der Waals surface area contributed by atoms with Crippen molar-refractivity contribution in [3.8, 4) is 5.75 Å². The fourth-order valence-corrected chi connectivity index (χ4v) is 2.71. The van der Waals surface area contributed by atoms with Crippen molar-refractivity contribution in [1.29, 1.82) is 0 Å². The molecule has 5 nitrogen and oxygen atoms in total. The number of aromatic nitrogens is 1. The quantitative estimate of drug-likeness (QED) is 0.810. The fourth-order valence-electron chi connectivity index (χ4n) is 2.02. The van der Waals surface area contributed by atoms with Crippen molar-refractivity contribution in [3.05, 3.63) is 0 Å². The Balaban J connectivity index is 1.81. The van der Waals surface area contributed by atoms with Gasteiger partial charge in [0.1, 0.15) is 0 Å². The second kappa shape index (κ2) is 6.07. The molecule has 17 heavy (non-hydrogen) atoms. The molecule has 0 atom stereocenters. The second-order valence-corrected chi connectivity index (χ2v) is 4.91. The van der Waals surface area contributed by atoms with Crippen LogP contribution in [0.4, 0.5) is 10.8 Å². The van der Waals surface area contributed by atoms with Crippen LogP contribution in [0.5, 0.6) is 5.75 Å². The normalized spacial score (nSPS) is 16.3. The Kier molecular flexibility index (Phi) is 4.44. The molecule has 1 aromatic rings. The first-order valence-corrected chi connectivity index (χ1v) is 6.92. The minimum absolute atomic E-state index is 0.487. The van der Waals surface area contributed by atoms with E-state index in [0.717, 1.165) is 18.1 Å². The highest BCUT2D eigenvalue weighted by Crippen LogP contribution is 2.34. The van der Waals surface area contributed by atoms with Crippen LogP contribution < -0.4 is 15.8 Å². The molecule has 0 radical (unpaired) electrons. The van der Waals surface area contributed by atoms with Gasteiger partial charge in [0.05, 0.1) is 6.61 Å². The smallest absolute Gasteiger partial charge is 0.197 e. The predicted octanol–water partition coefficient (Wildman–Crippen LogP) is 1.63. The third kappa shape index (κ3) is 3.23. The number of anilines is 2. The standard InChI is InChI=1S/C11H20N4OS/c1-2-16-9-10(12)14-17-11(9)13-5-8-15-6-3-4-7-15/h13H,2-8H2,1H3,(H2,12,14). The molecule has 0 saturated carbocycles. The SMILES string of the molecule is CCOc1c(N)nsc1NCCN1CCCC1. The molecule has 3 N–H and O–H groups in total. The molecule has 1 saturated heterocycles. The van der Waals surface area contributed by atoms with Crippen LogP contribution >= 0.6 is 11.5 Å². The summed E-state index contributed by atoms with van der Waals surface area (Å²) in [5.74, 6) is 1.19. The molecule has 0 amide bonds. The van der Waals surface area contributed by atoms with Crippen LogP contribution in [0.15, 0.2) is 0 Å². The first kappa shape index (κ1) is 12.4. The van der Waals surface area contributed by atoms with E-state index < -0.39 is 0 Å². The maximum atomic E-state index is 5.75. The van der Waals surface area contributed by atoms with Gasteiger partial charge in [0, 0.05) is 13.1 Å². The van der Waals surface area contributed by atoms with Crippen LogP contribution in [0, 0.1) is 0 Å². The van der Waals surface area contributed by atoms with E-state index in [-0.39, 0.29) is 0 Å². The lowest BCUT2D eigenvalue weighted by Crippen LogP contribution is -2.25. The van der Waals surface area contributed by atoms with Crippen molar-refractivity contribution >= 4 is 22.4 Å². The Morgan fingerprint density at radius 1 is 1.47 bits per heavy atom. The summed E-state index contributed by atoms with van der Waals surface area (Å²) < 4.78 is 9.58. The summed E-state index contributed by atoms with van der Waals surface area (Å²) in [6.45, 7) is 7.01. The maximum Gasteiger partial charge on any atom is 0.197 e. The summed E-state index contributed by atoms with van der Waals surface area (Å²) in [5, 5.41) is 4.30. The van der Waals surface area contributed by atoms with Crippen molar-refractivity contribution in [3.63, 3.8) is 0 Å². The molecule has 1 aliphatic heterocycles. The first-order valence-electron chi connectivity index (χ1n) is 6.15. The summed E-state index contributed by atoms with van der Waals surface area (Å²) in [4.78, 5) is 2.47. The van der Waals surface area contributed by atoms with Crippen molar-refractivity contribution in [2.75, 3.05) is 43.8 Å². The molecule has 0 spiro atoms. The molecule has 2 rings (SSSR count). The fraction of sp³-hybridized carbons (Fsp3) is 0.727. The lowest BCUT2D eigenvalue weighted by molar-refractivity contribution is 0.342. The molecule has 2 heterocycles. The predicted molar refractivity (Wildman–Crippen MR) is 71.9 cm³/mol. The zero-order valence-corrected chi connectivity index (χ0v) is 11.1. The van der Waals surface area contributed by atoms with E-state index in [2.05, 4.69) is 14.6 Å². The van der Waals surface area contributed by atoms with Crippen LogP contribution in [-0.4, -0.2) is 42.1 Å². The van der Waals surface area contributed by atoms with E-state index >= 15 is 0 Å². The van der Waals surface area contributed by atoms with Crippen LogP contribution in [0.1, 0.15) is 19.8 Å². The first-order chi connectivity index (χ1) is 8.31. The Bertz CT molecular complexity index is 349. The van der Waals surface area contributed by atoms with Gasteiger partial charge in [0.25, 0.3) is 0 Å². The minimum Gasteiger partial charge on any atom is -0.487 e. The second-order valence-electron chi connectivity index (χ2n) is 4.13. The molecule has 0 unspecified atom stereocenters. The van der Waals surface area contributed by atoms with Gasteiger partial charge in [0.2, 0.25) is 0 Å². The Morgan fingerprint density at radius 3 is 2.94 bits per heavy atom. The topological polar surface area (TPSA) is 63.4 Å². The number of nitrogens with two attached hydrogens (primary N) is 1. The van der Waals surface area contributed by atoms with Crippen LogP contribution in [-0.2, 0) is 0 Å². The van der Waals surface area contributed by atoms with E-state index in [9.17, 15) is 0 Å². The Morgan fingerprint density at radius 2 is 2.24 bits per heavy atom. The molecular formula is C11H20N4OS. The maximum absolute atomic E-state index is 5.75. The molecular weight excluding hydrogens is 236 g/mol. The molecule has 1 aliphatic rings. The summed E-state index contributed by atoms with van der Waals surface area (Å²) in [7, 11) is 0. The molecule has 6 heteroatoms. The van der Waals surface area contributed by atoms with Gasteiger partial charge in [-0.25, -0.2) is 0 Å². The van der Waals surface area contributed by atoms with E-state index in [4.69, 9.17) is 10.5 Å². The van der Waals surface area contributed by atoms with E-state index in [0.29, 0.717) is 18.2 Å². The number of hydrogen-bond donors (Lipinski definition) is 2. The number of hydrogen-bond acceptors (Lipinski definition) is 6. The highest BCUT2D eigenvalue weighted by Gasteiger charge is 2.14. The van der Waals surface area contributed by atoms with E-state index in [1.54, 1.807) is 0 Å². The molecule has 0 bridgehead atoms. The third-order valence-corrected chi connectivity index (χ3v) is 3.68. The van der Waals surface area contributed by atoms with Gasteiger partial charge in [-0.15, -0.1) is 0 Å². The zero-order valence-electron chi connectivity index (χ0n) is 10.2. The van der Waals surface area contributed by atoms with Crippen LogP contribution in [0.2, 0.25) is 0 Å². The minimum atomic E-state index is 0.487. The van der Waals surface area contributed by atoms with E-state index in [1.807, 2.05) is 6.92 Å². The molecule has 1 aromatic heterocycles. The Hall–Kier alpha value is -1.01. The molecule has 0 aliphatic carbocycles. The van der Waals surface area contributed by atoms with Crippen LogP contribution in [0.3, 0.4) is 0 Å². The number of nitrogens with zero attached hydrogens (tertiary/aromatic N) is 2.